The van der Waals surface area contributed by atoms with Crippen molar-refractivity contribution in [2.24, 2.45) is 0 Å². The van der Waals surface area contributed by atoms with Crippen LogP contribution in [0.4, 0.5) is 5.00 Å². The minimum atomic E-state index is -0.422. The molecule has 1 aliphatic rings. The Morgan fingerprint density at radius 2 is 1.91 bits per heavy atom. The number of thiophene rings is 1. The molecule has 5 nitrogen and oxygen atoms in total. The second kappa shape index (κ2) is 11.4. The maximum absolute atomic E-state index is 12.9. The monoisotopic (exact) mass is 524 g/mol. The van der Waals surface area contributed by atoms with Crippen LogP contribution in [0.25, 0.3) is 0 Å². The number of carbonyl (C=O) groups excluding carboxylic acids is 2. The molecule has 0 bridgehead atoms. The van der Waals surface area contributed by atoms with E-state index in [1.165, 1.54) is 23.0 Å². The van der Waals surface area contributed by atoms with Crippen LogP contribution in [0.15, 0.2) is 48.5 Å². The van der Waals surface area contributed by atoms with Crippen LogP contribution >= 0.6 is 46.9 Å². The highest BCUT2D eigenvalue weighted by atomic mass is 35.5. The average molecular weight is 526 g/mol. The Hall–Kier alpha value is -2.09. The van der Waals surface area contributed by atoms with Gasteiger partial charge in [0.05, 0.1) is 22.8 Å². The van der Waals surface area contributed by atoms with Gasteiger partial charge in [-0.1, -0.05) is 53.5 Å². The van der Waals surface area contributed by atoms with Crippen molar-refractivity contribution >= 4 is 63.8 Å². The molecule has 0 saturated heterocycles. The molecular formula is C24H23Cl3N2O3S. The number of ether oxygens (including phenoxy) is 1. The summed E-state index contributed by atoms with van der Waals surface area (Å²) in [7, 11) is 0. The molecule has 0 radical (unpaired) electrons. The van der Waals surface area contributed by atoms with Crippen molar-refractivity contribution in [1.29, 1.82) is 0 Å². The van der Waals surface area contributed by atoms with Crippen LogP contribution in [0, 0.1) is 0 Å². The predicted molar refractivity (Wildman–Crippen MR) is 136 cm³/mol. The number of halogens is 3. The first kappa shape index (κ1) is 25.5. The van der Waals surface area contributed by atoms with Gasteiger partial charge in [0, 0.05) is 29.5 Å². The van der Waals surface area contributed by atoms with Crippen molar-refractivity contribution in [3.8, 4) is 0 Å². The fourth-order valence-corrected chi connectivity index (χ4v) is 5.43. The van der Waals surface area contributed by atoms with Gasteiger partial charge in [-0.25, -0.2) is 4.79 Å². The van der Waals surface area contributed by atoms with Crippen molar-refractivity contribution in [2.75, 3.05) is 18.5 Å². The maximum Gasteiger partial charge on any atom is 0.341 e. The summed E-state index contributed by atoms with van der Waals surface area (Å²) in [6.07, 6.45) is 0.709. The number of carbonyl (C=O) groups is 2. The summed E-state index contributed by atoms with van der Waals surface area (Å²) in [5, 5.41) is 4.06. The number of rotatable bonds is 6. The van der Waals surface area contributed by atoms with E-state index in [0.29, 0.717) is 33.6 Å². The van der Waals surface area contributed by atoms with E-state index in [0.717, 1.165) is 23.5 Å². The first-order chi connectivity index (χ1) is 15.5. The van der Waals surface area contributed by atoms with Gasteiger partial charge in [0.15, 0.2) is 0 Å². The van der Waals surface area contributed by atoms with Gasteiger partial charge >= 0.3 is 5.97 Å². The molecule has 1 N–H and O–H groups in total. The highest BCUT2D eigenvalue weighted by Gasteiger charge is 2.30. The minimum Gasteiger partial charge on any atom is -0.462 e. The van der Waals surface area contributed by atoms with E-state index in [4.69, 9.17) is 27.9 Å². The molecule has 0 spiro atoms. The van der Waals surface area contributed by atoms with E-state index in [9.17, 15) is 9.59 Å². The van der Waals surface area contributed by atoms with Crippen LogP contribution < -0.4 is 5.32 Å². The third-order valence-corrected chi connectivity index (χ3v) is 6.96. The third kappa shape index (κ3) is 5.89. The lowest BCUT2D eigenvalue weighted by Gasteiger charge is -2.27. The Morgan fingerprint density at radius 3 is 2.64 bits per heavy atom. The van der Waals surface area contributed by atoms with Crippen LogP contribution in [0.5, 0.6) is 0 Å². The van der Waals surface area contributed by atoms with Gasteiger partial charge < -0.3 is 10.1 Å². The SMILES string of the molecule is CCOC(=O)c1c(NC(=O)c2cc(Cl)ccc2Cl)sc2c1CCN(Cc1ccccc1)C2.Cl. The Balaban J connectivity index is 0.00000306. The molecule has 0 saturated carbocycles. The lowest BCUT2D eigenvalue weighted by atomic mass is 10.0. The molecule has 33 heavy (non-hydrogen) atoms. The molecule has 2 aromatic carbocycles. The summed E-state index contributed by atoms with van der Waals surface area (Å²) in [5.41, 5.74) is 2.89. The quantitative estimate of drug-likeness (QED) is 0.375. The Labute approximate surface area is 213 Å². The molecule has 0 unspecified atom stereocenters. The second-order valence-electron chi connectivity index (χ2n) is 7.45. The topological polar surface area (TPSA) is 58.6 Å². The van der Waals surface area contributed by atoms with E-state index in [1.807, 2.05) is 18.2 Å². The van der Waals surface area contributed by atoms with Crippen molar-refractivity contribution in [1.82, 2.24) is 4.90 Å². The molecule has 1 aromatic heterocycles. The summed E-state index contributed by atoms with van der Waals surface area (Å²) in [6, 6.07) is 15.0. The molecule has 3 aromatic rings. The fraction of sp³-hybridized carbons (Fsp3) is 0.250. The zero-order valence-electron chi connectivity index (χ0n) is 17.9. The van der Waals surface area contributed by atoms with Gasteiger partial charge in [0.1, 0.15) is 5.00 Å². The minimum absolute atomic E-state index is 0. The maximum atomic E-state index is 12.9. The summed E-state index contributed by atoms with van der Waals surface area (Å²) < 4.78 is 5.30. The van der Waals surface area contributed by atoms with E-state index in [2.05, 4.69) is 22.3 Å². The van der Waals surface area contributed by atoms with E-state index in [1.54, 1.807) is 19.1 Å². The number of fused-ring (bicyclic) bond motifs is 1. The summed E-state index contributed by atoms with van der Waals surface area (Å²) in [4.78, 5) is 29.1. The van der Waals surface area contributed by atoms with Gasteiger partial charge in [-0.2, -0.15) is 0 Å². The molecule has 0 aliphatic carbocycles. The normalized spacial score (nSPS) is 13.1. The fourth-order valence-electron chi connectivity index (χ4n) is 3.78. The van der Waals surface area contributed by atoms with Gasteiger partial charge in [-0.15, -0.1) is 23.7 Å². The number of anilines is 1. The number of hydrogen-bond acceptors (Lipinski definition) is 5. The summed E-state index contributed by atoms with van der Waals surface area (Å²) >= 11 is 13.6. The molecule has 0 atom stereocenters. The van der Waals surface area contributed by atoms with E-state index < -0.39 is 11.9 Å². The zero-order chi connectivity index (χ0) is 22.7. The molecule has 2 heterocycles. The van der Waals surface area contributed by atoms with Crippen molar-refractivity contribution in [3.05, 3.63) is 85.7 Å². The first-order valence-corrected chi connectivity index (χ1v) is 11.9. The molecular weight excluding hydrogens is 503 g/mol. The van der Waals surface area contributed by atoms with E-state index in [-0.39, 0.29) is 24.6 Å². The Kier molecular flexibility index (Phi) is 8.79. The number of amides is 1. The van der Waals surface area contributed by atoms with Gasteiger partial charge in [-0.3, -0.25) is 9.69 Å². The van der Waals surface area contributed by atoms with Crippen LogP contribution in [0.3, 0.4) is 0 Å². The van der Waals surface area contributed by atoms with Crippen molar-refractivity contribution < 1.29 is 14.3 Å². The summed E-state index contributed by atoms with van der Waals surface area (Å²) in [5.74, 6) is -0.836. The lowest BCUT2D eigenvalue weighted by Crippen LogP contribution is -2.29. The molecule has 0 fully saturated rings. The highest BCUT2D eigenvalue weighted by Crippen LogP contribution is 2.38. The van der Waals surface area contributed by atoms with Gasteiger partial charge in [0.25, 0.3) is 5.91 Å². The van der Waals surface area contributed by atoms with Gasteiger partial charge in [0.2, 0.25) is 0 Å². The van der Waals surface area contributed by atoms with Crippen LogP contribution in [0.1, 0.15) is 43.6 Å². The van der Waals surface area contributed by atoms with Crippen LogP contribution in [-0.4, -0.2) is 29.9 Å². The zero-order valence-corrected chi connectivity index (χ0v) is 21.0. The number of esters is 1. The molecule has 4 rings (SSSR count). The Morgan fingerprint density at radius 1 is 1.15 bits per heavy atom. The molecule has 1 amide bonds. The number of hydrogen-bond donors (Lipinski definition) is 1. The lowest BCUT2D eigenvalue weighted by molar-refractivity contribution is 0.0526. The highest BCUT2D eigenvalue weighted by molar-refractivity contribution is 7.17. The third-order valence-electron chi connectivity index (χ3n) is 5.26. The van der Waals surface area contributed by atoms with Crippen molar-refractivity contribution in [2.45, 2.75) is 26.4 Å². The standard InChI is InChI=1S/C24H22Cl2N2O3S.ClH/c1-2-31-24(30)21-17-10-11-28(13-15-6-4-3-5-7-15)14-20(17)32-23(21)27-22(29)18-12-16(25)8-9-19(18)26;/h3-9,12H,2,10-11,13-14H2,1H3,(H,27,29);1H. The van der Waals surface area contributed by atoms with E-state index >= 15 is 0 Å². The first-order valence-electron chi connectivity index (χ1n) is 10.3. The van der Waals surface area contributed by atoms with Gasteiger partial charge in [-0.05, 0) is 42.7 Å². The Bertz CT molecular complexity index is 1150. The van der Waals surface area contributed by atoms with Crippen LogP contribution in [0.2, 0.25) is 10.0 Å². The molecule has 174 valence electrons. The smallest absolute Gasteiger partial charge is 0.341 e. The number of nitrogens with one attached hydrogen (secondary N) is 1. The summed E-state index contributed by atoms with van der Waals surface area (Å²) in [6.45, 7) is 4.37. The van der Waals surface area contributed by atoms with Crippen LogP contribution in [-0.2, 0) is 24.2 Å². The predicted octanol–water partition coefficient (Wildman–Crippen LogP) is 6.46. The number of nitrogens with zero attached hydrogens (tertiary/aromatic N) is 1. The largest absolute Gasteiger partial charge is 0.462 e. The second-order valence-corrected chi connectivity index (χ2v) is 9.40. The molecule has 9 heteroatoms. The van der Waals surface area contributed by atoms with Crippen molar-refractivity contribution in [3.63, 3.8) is 0 Å². The molecule has 1 aliphatic heterocycles. The number of benzene rings is 2. The average Bonchev–Trinajstić information content (AvgIpc) is 3.13.